The number of fused-ring (bicyclic) bond motifs is 1. The molecule has 0 fully saturated rings. The molecule has 0 atom stereocenters. The molecule has 96 valence electrons. The molecule has 0 spiro atoms. The van der Waals surface area contributed by atoms with E-state index in [1.807, 2.05) is 12.1 Å². The minimum Gasteiger partial charge on any atom is -0.287 e. The number of Topliss-reactive ketones (excluding diaryl/α,β-unsaturated/α-hetero) is 1. The number of rotatable bonds is 1. The van der Waals surface area contributed by atoms with Crippen LogP contribution in [-0.2, 0) is 0 Å². The van der Waals surface area contributed by atoms with E-state index in [2.05, 4.69) is 11.6 Å². The lowest BCUT2D eigenvalue weighted by Gasteiger charge is -1.97. The number of hydrogen-bond donors (Lipinski definition) is 0. The van der Waals surface area contributed by atoms with Gasteiger partial charge in [0.2, 0.25) is 5.78 Å². The topological polar surface area (TPSA) is 77.0 Å². The van der Waals surface area contributed by atoms with Crippen LogP contribution in [0.15, 0.2) is 41.0 Å². The highest BCUT2D eigenvalue weighted by Crippen LogP contribution is 2.31. The summed E-state index contributed by atoms with van der Waals surface area (Å²) < 4.78 is 0. The van der Waals surface area contributed by atoms with Gasteiger partial charge in [0.25, 0.3) is 0 Å². The predicted molar refractivity (Wildman–Crippen MR) is 76.2 cm³/mol. The highest BCUT2D eigenvalue weighted by Gasteiger charge is 2.30. The van der Waals surface area contributed by atoms with E-state index in [-0.39, 0.29) is 22.8 Å². The maximum atomic E-state index is 12.3. The Morgan fingerprint density at radius 1 is 1.30 bits per heavy atom. The molecule has 0 aliphatic heterocycles. The number of carbonyl (C=O) groups excluding carboxylic acids is 1. The molecule has 2 rings (SSSR count). The molecule has 0 bridgehead atoms. The number of carbonyl (C=O) groups is 1. The molecule has 20 heavy (non-hydrogen) atoms. The van der Waals surface area contributed by atoms with Gasteiger partial charge in [0.15, 0.2) is 5.70 Å². The second-order valence-corrected chi connectivity index (χ2v) is 4.59. The number of halogens is 1. The van der Waals surface area contributed by atoms with Gasteiger partial charge >= 0.3 is 0 Å². The molecule has 0 N–H and O–H groups in total. The lowest BCUT2D eigenvalue weighted by atomic mass is 10.1. The monoisotopic (exact) mass is 281 g/mol. The molecule has 1 aromatic carbocycles. The van der Waals surface area contributed by atoms with Gasteiger partial charge in [-0.1, -0.05) is 24.2 Å². The molecule has 0 saturated heterocycles. The van der Waals surface area contributed by atoms with Crippen LogP contribution in [0.1, 0.15) is 22.8 Å². The first-order valence-corrected chi connectivity index (χ1v) is 6.01. The second kappa shape index (κ2) is 5.13. The lowest BCUT2D eigenvalue weighted by molar-refractivity contribution is 0.107. The van der Waals surface area contributed by atoms with Crippen molar-refractivity contribution in [1.29, 1.82) is 10.5 Å². The molecular formula is C15H8ClN3O. The van der Waals surface area contributed by atoms with Gasteiger partial charge in [-0.05, 0) is 24.6 Å². The number of nitrogens with zero attached hydrogens (tertiary/aromatic N) is 3. The average Bonchev–Trinajstić information content (AvgIpc) is 2.67. The molecule has 0 amide bonds. The van der Waals surface area contributed by atoms with Crippen molar-refractivity contribution in [1.82, 2.24) is 0 Å². The number of allylic oxidation sites excluding steroid dienone is 3. The van der Waals surface area contributed by atoms with E-state index in [1.54, 1.807) is 18.2 Å². The standard InChI is InChI=1S/C15H8ClN3O/c1-8(6-17)13(7-18)19-14-9(2)11-4-3-10(16)5-12(11)15(14)20/h3-5H,2H2,1H3/b13-8+,19-14?. The first kappa shape index (κ1) is 13.7. The van der Waals surface area contributed by atoms with Crippen molar-refractivity contribution in [3.63, 3.8) is 0 Å². The second-order valence-electron chi connectivity index (χ2n) is 4.16. The molecule has 0 radical (unpaired) electrons. The Morgan fingerprint density at radius 3 is 2.60 bits per heavy atom. The van der Waals surface area contributed by atoms with E-state index in [0.29, 0.717) is 21.7 Å². The van der Waals surface area contributed by atoms with Gasteiger partial charge in [0, 0.05) is 16.2 Å². The van der Waals surface area contributed by atoms with E-state index < -0.39 is 0 Å². The Bertz CT molecular complexity index is 788. The first-order valence-electron chi connectivity index (χ1n) is 5.63. The molecule has 5 heteroatoms. The van der Waals surface area contributed by atoms with Crippen LogP contribution in [0.2, 0.25) is 5.02 Å². The summed E-state index contributed by atoms with van der Waals surface area (Å²) >= 11 is 5.86. The van der Waals surface area contributed by atoms with E-state index in [4.69, 9.17) is 22.1 Å². The maximum Gasteiger partial charge on any atom is 0.212 e. The molecule has 1 aromatic rings. The molecular weight excluding hydrogens is 274 g/mol. The molecule has 0 aromatic heterocycles. The van der Waals surface area contributed by atoms with Crippen LogP contribution in [0.3, 0.4) is 0 Å². The molecule has 0 unspecified atom stereocenters. The van der Waals surface area contributed by atoms with Crippen LogP contribution >= 0.6 is 11.6 Å². The van der Waals surface area contributed by atoms with E-state index in [1.165, 1.54) is 6.92 Å². The average molecular weight is 282 g/mol. The Morgan fingerprint density at radius 2 is 2.00 bits per heavy atom. The van der Waals surface area contributed by atoms with Gasteiger partial charge in [0.05, 0.1) is 11.6 Å². The Hall–Kier alpha value is -2.69. The zero-order valence-corrected chi connectivity index (χ0v) is 11.3. The van der Waals surface area contributed by atoms with Crippen LogP contribution in [0, 0.1) is 22.7 Å². The van der Waals surface area contributed by atoms with E-state index >= 15 is 0 Å². The van der Waals surface area contributed by atoms with Crippen LogP contribution in [-0.4, -0.2) is 11.5 Å². The fraction of sp³-hybridized carbons (Fsp3) is 0.0667. The smallest absolute Gasteiger partial charge is 0.212 e. The Kier molecular flexibility index (Phi) is 3.52. The summed E-state index contributed by atoms with van der Waals surface area (Å²) in [5.74, 6) is -0.342. The highest BCUT2D eigenvalue weighted by molar-refractivity contribution is 6.65. The summed E-state index contributed by atoms with van der Waals surface area (Å²) in [7, 11) is 0. The fourth-order valence-corrected chi connectivity index (χ4v) is 2.01. The summed E-state index contributed by atoms with van der Waals surface area (Å²) in [6.45, 7) is 5.29. The predicted octanol–water partition coefficient (Wildman–Crippen LogP) is 3.31. The lowest BCUT2D eigenvalue weighted by Crippen LogP contribution is -2.07. The third-order valence-electron chi connectivity index (χ3n) is 2.90. The summed E-state index contributed by atoms with van der Waals surface area (Å²) in [6, 6.07) is 8.53. The highest BCUT2D eigenvalue weighted by atomic mass is 35.5. The van der Waals surface area contributed by atoms with Gasteiger partial charge in [-0.25, -0.2) is 4.99 Å². The van der Waals surface area contributed by atoms with Crippen LogP contribution < -0.4 is 0 Å². The number of benzene rings is 1. The Balaban J connectivity index is 2.60. The maximum absolute atomic E-state index is 12.3. The van der Waals surface area contributed by atoms with E-state index in [9.17, 15) is 4.79 Å². The van der Waals surface area contributed by atoms with Crippen molar-refractivity contribution in [3.8, 4) is 12.1 Å². The third-order valence-corrected chi connectivity index (χ3v) is 3.14. The number of hydrogen-bond acceptors (Lipinski definition) is 4. The first-order chi connectivity index (χ1) is 9.49. The minimum absolute atomic E-state index is 0.0772. The van der Waals surface area contributed by atoms with Gasteiger partial charge < -0.3 is 0 Å². The SMILES string of the molecule is C=C1C(=N/C(C#N)=C(\C)C#N)C(=O)c2cc(Cl)ccc21. The summed E-state index contributed by atoms with van der Waals surface area (Å²) in [5, 5.41) is 18.2. The van der Waals surface area contributed by atoms with Crippen molar-refractivity contribution in [2.75, 3.05) is 0 Å². The van der Waals surface area contributed by atoms with Gasteiger partial charge in [-0.15, -0.1) is 0 Å². The zero-order chi connectivity index (χ0) is 14.9. The molecule has 0 saturated carbocycles. The van der Waals surface area contributed by atoms with Crippen molar-refractivity contribution in [2.45, 2.75) is 6.92 Å². The molecule has 4 nitrogen and oxygen atoms in total. The van der Waals surface area contributed by atoms with Crippen LogP contribution in [0.4, 0.5) is 0 Å². The van der Waals surface area contributed by atoms with Crippen LogP contribution in [0.5, 0.6) is 0 Å². The van der Waals surface area contributed by atoms with Crippen molar-refractivity contribution >= 4 is 28.7 Å². The largest absolute Gasteiger partial charge is 0.287 e. The van der Waals surface area contributed by atoms with Crippen molar-refractivity contribution in [2.24, 2.45) is 4.99 Å². The molecule has 0 heterocycles. The Labute approximate surface area is 120 Å². The van der Waals surface area contributed by atoms with Crippen molar-refractivity contribution in [3.05, 3.63) is 52.2 Å². The fourth-order valence-electron chi connectivity index (χ4n) is 1.84. The summed E-state index contributed by atoms with van der Waals surface area (Å²) in [4.78, 5) is 16.2. The summed E-state index contributed by atoms with van der Waals surface area (Å²) in [6.07, 6.45) is 0. The summed E-state index contributed by atoms with van der Waals surface area (Å²) in [5.41, 5.74) is 1.62. The van der Waals surface area contributed by atoms with Gasteiger partial charge in [-0.3, -0.25) is 4.79 Å². The van der Waals surface area contributed by atoms with E-state index in [0.717, 1.165) is 0 Å². The minimum atomic E-state index is -0.342. The normalized spacial score (nSPS) is 16.5. The number of ketones is 1. The molecule has 1 aliphatic rings. The third kappa shape index (κ3) is 2.14. The van der Waals surface area contributed by atoms with Crippen molar-refractivity contribution < 1.29 is 4.79 Å². The molecule has 1 aliphatic carbocycles. The van der Waals surface area contributed by atoms with Gasteiger partial charge in [-0.2, -0.15) is 10.5 Å². The number of aliphatic imine (C=N–C) groups is 1. The van der Waals surface area contributed by atoms with Gasteiger partial charge in [0.1, 0.15) is 11.8 Å². The van der Waals surface area contributed by atoms with Crippen LogP contribution in [0.25, 0.3) is 5.57 Å². The number of nitriles is 2. The quantitative estimate of drug-likeness (QED) is 0.741. The zero-order valence-electron chi connectivity index (χ0n) is 10.6.